The number of rotatable bonds is 5. The molecular weight excluding hydrogens is 311 g/mol. The maximum atomic E-state index is 13.3. The SMILES string of the molecule is OCCC[C@@H](c1ccc(F)c(Br)c1)N1CCNCC1. The predicted octanol–water partition coefficient (Wildman–Crippen LogP) is 2.31. The molecule has 0 amide bonds. The largest absolute Gasteiger partial charge is 0.396 e. The van der Waals surface area contributed by atoms with Gasteiger partial charge in [-0.25, -0.2) is 4.39 Å². The quantitative estimate of drug-likeness (QED) is 0.869. The monoisotopic (exact) mass is 330 g/mol. The molecule has 0 unspecified atom stereocenters. The summed E-state index contributed by atoms with van der Waals surface area (Å²) in [6.07, 6.45) is 1.66. The van der Waals surface area contributed by atoms with E-state index in [1.54, 1.807) is 0 Å². The molecule has 0 aliphatic carbocycles. The van der Waals surface area contributed by atoms with E-state index < -0.39 is 0 Å². The second-order valence-corrected chi connectivity index (χ2v) is 5.70. The Balaban J connectivity index is 2.17. The topological polar surface area (TPSA) is 35.5 Å². The lowest BCUT2D eigenvalue weighted by Crippen LogP contribution is -2.45. The molecule has 1 saturated heterocycles. The molecule has 0 spiro atoms. The van der Waals surface area contributed by atoms with Crippen LogP contribution in [0.2, 0.25) is 0 Å². The van der Waals surface area contributed by atoms with Crippen LogP contribution < -0.4 is 5.32 Å². The first-order chi connectivity index (χ1) is 9.22. The lowest BCUT2D eigenvalue weighted by molar-refractivity contribution is 0.154. The van der Waals surface area contributed by atoms with Crippen LogP contribution in [-0.4, -0.2) is 42.8 Å². The van der Waals surface area contributed by atoms with Gasteiger partial charge in [-0.2, -0.15) is 0 Å². The van der Waals surface area contributed by atoms with Gasteiger partial charge in [0, 0.05) is 38.8 Å². The molecule has 0 bridgehead atoms. The summed E-state index contributed by atoms with van der Waals surface area (Å²) in [6.45, 7) is 4.15. The third-order valence-electron chi connectivity index (χ3n) is 3.56. The number of nitrogens with zero attached hydrogens (tertiary/aromatic N) is 1. The molecule has 1 fully saturated rings. The van der Waals surface area contributed by atoms with Crippen LogP contribution in [0.5, 0.6) is 0 Å². The van der Waals surface area contributed by atoms with Crippen LogP contribution >= 0.6 is 15.9 Å². The Morgan fingerprint density at radius 2 is 2.11 bits per heavy atom. The highest BCUT2D eigenvalue weighted by molar-refractivity contribution is 9.10. The minimum atomic E-state index is -0.232. The smallest absolute Gasteiger partial charge is 0.137 e. The molecule has 1 heterocycles. The number of hydrogen-bond donors (Lipinski definition) is 2. The summed E-state index contributed by atoms with van der Waals surface area (Å²) < 4.78 is 13.9. The minimum absolute atomic E-state index is 0.199. The molecule has 0 radical (unpaired) electrons. The van der Waals surface area contributed by atoms with E-state index in [9.17, 15) is 4.39 Å². The van der Waals surface area contributed by atoms with Crippen molar-refractivity contribution in [3.05, 3.63) is 34.1 Å². The van der Waals surface area contributed by atoms with Gasteiger partial charge in [0.1, 0.15) is 5.82 Å². The summed E-state index contributed by atoms with van der Waals surface area (Å²) in [5, 5.41) is 12.4. The average molecular weight is 331 g/mol. The number of halogens is 2. The number of aliphatic hydroxyl groups is 1. The van der Waals surface area contributed by atoms with Crippen LogP contribution in [0.4, 0.5) is 4.39 Å². The van der Waals surface area contributed by atoms with Crippen molar-refractivity contribution >= 4 is 15.9 Å². The maximum absolute atomic E-state index is 13.3. The van der Waals surface area contributed by atoms with E-state index >= 15 is 0 Å². The van der Waals surface area contributed by atoms with Gasteiger partial charge in [0.2, 0.25) is 0 Å². The van der Waals surface area contributed by atoms with Crippen LogP contribution in [0.3, 0.4) is 0 Å². The Morgan fingerprint density at radius 1 is 1.37 bits per heavy atom. The fourth-order valence-corrected chi connectivity index (χ4v) is 2.95. The fourth-order valence-electron chi connectivity index (χ4n) is 2.56. The molecule has 2 N–H and O–H groups in total. The van der Waals surface area contributed by atoms with E-state index in [2.05, 4.69) is 26.1 Å². The van der Waals surface area contributed by atoms with E-state index in [4.69, 9.17) is 5.11 Å². The first kappa shape index (κ1) is 14.9. The van der Waals surface area contributed by atoms with Crippen LogP contribution in [0.25, 0.3) is 0 Å². The Morgan fingerprint density at radius 3 is 2.74 bits per heavy atom. The van der Waals surface area contributed by atoms with Crippen molar-refractivity contribution in [2.75, 3.05) is 32.8 Å². The molecule has 106 valence electrons. The predicted molar refractivity (Wildman–Crippen MR) is 77.6 cm³/mol. The lowest BCUT2D eigenvalue weighted by atomic mass is 9.99. The van der Waals surface area contributed by atoms with Gasteiger partial charge in [-0.15, -0.1) is 0 Å². The second kappa shape index (κ2) is 7.33. The third kappa shape index (κ3) is 3.99. The maximum Gasteiger partial charge on any atom is 0.137 e. The van der Waals surface area contributed by atoms with Crippen molar-refractivity contribution in [1.29, 1.82) is 0 Å². The summed E-state index contributed by atoms with van der Waals surface area (Å²) >= 11 is 3.25. The van der Waals surface area contributed by atoms with Gasteiger partial charge in [-0.05, 0) is 46.5 Å². The van der Waals surface area contributed by atoms with Gasteiger partial charge >= 0.3 is 0 Å². The average Bonchev–Trinajstić information content (AvgIpc) is 2.44. The number of nitrogens with one attached hydrogen (secondary N) is 1. The van der Waals surface area contributed by atoms with Crippen molar-refractivity contribution < 1.29 is 9.50 Å². The first-order valence-corrected chi connectivity index (χ1v) is 7.52. The van der Waals surface area contributed by atoms with Crippen molar-refractivity contribution in [2.45, 2.75) is 18.9 Å². The van der Waals surface area contributed by atoms with E-state index in [1.165, 1.54) is 6.07 Å². The number of benzene rings is 1. The van der Waals surface area contributed by atoms with Gasteiger partial charge in [0.15, 0.2) is 0 Å². The van der Waals surface area contributed by atoms with Gasteiger partial charge in [-0.1, -0.05) is 6.07 Å². The van der Waals surface area contributed by atoms with Crippen LogP contribution in [-0.2, 0) is 0 Å². The molecule has 1 aromatic carbocycles. The molecule has 1 aliphatic heterocycles. The van der Waals surface area contributed by atoms with Crippen molar-refractivity contribution in [2.24, 2.45) is 0 Å². The molecular formula is C14H20BrFN2O. The van der Waals surface area contributed by atoms with E-state index in [-0.39, 0.29) is 18.5 Å². The Labute approximate surface area is 121 Å². The van der Waals surface area contributed by atoms with Gasteiger partial charge < -0.3 is 10.4 Å². The normalized spacial score (nSPS) is 18.5. The van der Waals surface area contributed by atoms with Crippen molar-refractivity contribution in [3.63, 3.8) is 0 Å². The van der Waals surface area contributed by atoms with Crippen LogP contribution in [0.15, 0.2) is 22.7 Å². The molecule has 19 heavy (non-hydrogen) atoms. The summed E-state index contributed by atoms with van der Waals surface area (Å²) in [4.78, 5) is 2.41. The molecule has 3 nitrogen and oxygen atoms in total. The zero-order valence-electron chi connectivity index (χ0n) is 10.9. The van der Waals surface area contributed by atoms with E-state index in [0.29, 0.717) is 4.47 Å². The highest BCUT2D eigenvalue weighted by Crippen LogP contribution is 2.29. The van der Waals surface area contributed by atoms with Gasteiger partial charge in [-0.3, -0.25) is 4.90 Å². The van der Waals surface area contributed by atoms with Crippen molar-refractivity contribution in [3.8, 4) is 0 Å². The lowest BCUT2D eigenvalue weighted by Gasteiger charge is -2.35. The standard InChI is InChI=1S/C14H20BrFN2O/c15-12-10-11(3-4-13(12)16)14(2-1-9-19)18-7-5-17-6-8-18/h3-4,10,14,17,19H,1-2,5-9H2/t14-/m0/s1. The molecule has 1 atom stereocenters. The zero-order valence-corrected chi connectivity index (χ0v) is 12.5. The highest BCUT2D eigenvalue weighted by Gasteiger charge is 2.22. The van der Waals surface area contributed by atoms with Crippen molar-refractivity contribution in [1.82, 2.24) is 10.2 Å². The molecule has 1 aliphatic rings. The van der Waals surface area contributed by atoms with E-state index in [0.717, 1.165) is 44.6 Å². The second-order valence-electron chi connectivity index (χ2n) is 4.84. The Bertz CT molecular complexity index is 410. The molecule has 0 saturated carbocycles. The highest BCUT2D eigenvalue weighted by atomic mass is 79.9. The summed E-state index contributed by atoms with van der Waals surface area (Å²) in [5.41, 5.74) is 1.11. The Kier molecular flexibility index (Phi) is 5.76. The van der Waals surface area contributed by atoms with E-state index in [1.807, 2.05) is 12.1 Å². The van der Waals surface area contributed by atoms with Crippen LogP contribution in [0.1, 0.15) is 24.4 Å². The van der Waals surface area contributed by atoms with Crippen LogP contribution in [0, 0.1) is 5.82 Å². The zero-order chi connectivity index (χ0) is 13.7. The minimum Gasteiger partial charge on any atom is -0.396 e. The number of aliphatic hydroxyl groups excluding tert-OH is 1. The summed E-state index contributed by atoms with van der Waals surface area (Å²) in [5.74, 6) is -0.232. The van der Waals surface area contributed by atoms with Gasteiger partial charge in [0.05, 0.1) is 4.47 Å². The third-order valence-corrected chi connectivity index (χ3v) is 4.16. The number of hydrogen-bond acceptors (Lipinski definition) is 3. The summed E-state index contributed by atoms with van der Waals surface area (Å²) in [6, 6.07) is 5.48. The molecule has 5 heteroatoms. The summed E-state index contributed by atoms with van der Waals surface area (Å²) in [7, 11) is 0. The number of piperazine rings is 1. The fraction of sp³-hybridized carbons (Fsp3) is 0.571. The molecule has 0 aromatic heterocycles. The first-order valence-electron chi connectivity index (χ1n) is 6.73. The Hall–Kier alpha value is -0.490. The molecule has 2 rings (SSSR count). The molecule has 1 aromatic rings. The van der Waals surface area contributed by atoms with Gasteiger partial charge in [0.25, 0.3) is 0 Å².